The normalized spacial score (nSPS) is 16.7. The molecule has 0 saturated carbocycles. The number of benzene rings is 2. The highest BCUT2D eigenvalue weighted by molar-refractivity contribution is 5.78. The Morgan fingerprint density at radius 1 is 1.19 bits per heavy atom. The second kappa shape index (κ2) is 9.02. The molecule has 0 bridgehead atoms. The Labute approximate surface area is 159 Å². The smallest absolute Gasteiger partial charge is 0.225 e. The van der Waals surface area contributed by atoms with E-state index < -0.39 is 6.04 Å². The molecule has 0 aromatic heterocycles. The molecule has 5 heteroatoms. The topological polar surface area (TPSA) is 79.4 Å². The maximum absolute atomic E-state index is 12.3. The molecule has 0 unspecified atom stereocenters. The Morgan fingerprint density at radius 3 is 2.63 bits per heavy atom. The van der Waals surface area contributed by atoms with Crippen LogP contribution in [0, 0.1) is 11.3 Å². The minimum Gasteiger partial charge on any atom is -0.489 e. The quantitative estimate of drug-likeness (QED) is 0.769. The molecule has 2 aromatic rings. The van der Waals surface area contributed by atoms with Gasteiger partial charge in [0.15, 0.2) is 0 Å². The molecule has 1 amide bonds. The third-order valence-corrected chi connectivity index (χ3v) is 4.52. The zero-order chi connectivity index (χ0) is 19.1. The molecule has 2 atom stereocenters. The van der Waals surface area contributed by atoms with Crippen molar-refractivity contribution < 1.29 is 9.53 Å². The third-order valence-electron chi connectivity index (χ3n) is 4.52. The van der Waals surface area contributed by atoms with Crippen molar-refractivity contribution >= 4 is 5.91 Å². The van der Waals surface area contributed by atoms with E-state index >= 15 is 0 Å². The van der Waals surface area contributed by atoms with E-state index in [9.17, 15) is 4.79 Å². The number of carbonyl (C=O) groups excluding carboxylic acids is 1. The van der Waals surface area contributed by atoms with Crippen LogP contribution >= 0.6 is 0 Å². The monoisotopic (exact) mass is 361 g/mol. The number of amides is 1. The van der Waals surface area contributed by atoms with Gasteiger partial charge in [0, 0.05) is 19.0 Å². The van der Waals surface area contributed by atoms with Gasteiger partial charge in [0.2, 0.25) is 5.91 Å². The van der Waals surface area contributed by atoms with Gasteiger partial charge in [-0.25, -0.2) is 0 Å². The summed E-state index contributed by atoms with van der Waals surface area (Å²) in [5.41, 5.74) is 8.33. The minimum absolute atomic E-state index is 0.0816. The molecule has 0 fully saturated rings. The maximum atomic E-state index is 12.3. The van der Waals surface area contributed by atoms with Gasteiger partial charge in [-0.05, 0) is 35.8 Å². The van der Waals surface area contributed by atoms with Crippen LogP contribution in [0.1, 0.15) is 17.5 Å². The molecular weight excluding hydrogens is 338 g/mol. The number of nitrogens with zero attached hydrogens (tertiary/aromatic N) is 2. The molecule has 3 rings (SSSR count). The van der Waals surface area contributed by atoms with Crippen LogP contribution in [0.2, 0.25) is 0 Å². The summed E-state index contributed by atoms with van der Waals surface area (Å²) in [6.45, 7) is 1.01. The molecule has 2 N–H and O–H groups in total. The summed E-state index contributed by atoms with van der Waals surface area (Å²) in [5, 5.41) is 9.06. The Hall–Kier alpha value is -3.10. The second-order valence-electron chi connectivity index (χ2n) is 6.63. The SMILES string of the molecule is N#C[C@@H]1C=CCN1C(=O)C[C@@H](N)Cc1ccc(OCc2ccccc2)cc1. The first-order valence-electron chi connectivity index (χ1n) is 9.02. The number of rotatable bonds is 7. The van der Waals surface area contributed by atoms with E-state index in [-0.39, 0.29) is 18.4 Å². The number of nitrogens with two attached hydrogens (primary N) is 1. The molecule has 1 aliphatic rings. The van der Waals surface area contributed by atoms with Crippen molar-refractivity contribution in [2.24, 2.45) is 5.73 Å². The zero-order valence-electron chi connectivity index (χ0n) is 15.1. The van der Waals surface area contributed by atoms with Crippen LogP contribution in [0.15, 0.2) is 66.7 Å². The highest BCUT2D eigenvalue weighted by atomic mass is 16.5. The number of ether oxygens (including phenoxy) is 1. The summed E-state index contributed by atoms with van der Waals surface area (Å²) >= 11 is 0. The molecule has 27 heavy (non-hydrogen) atoms. The minimum atomic E-state index is -0.467. The number of carbonyl (C=O) groups is 1. The summed E-state index contributed by atoms with van der Waals surface area (Å²) in [6, 6.07) is 19.1. The highest BCUT2D eigenvalue weighted by Gasteiger charge is 2.25. The Kier molecular flexibility index (Phi) is 6.24. The summed E-state index contributed by atoms with van der Waals surface area (Å²) in [6.07, 6.45) is 4.42. The molecule has 5 nitrogen and oxygen atoms in total. The highest BCUT2D eigenvalue weighted by Crippen LogP contribution is 2.17. The van der Waals surface area contributed by atoms with Gasteiger partial charge < -0.3 is 15.4 Å². The molecule has 138 valence electrons. The van der Waals surface area contributed by atoms with Crippen LogP contribution in [0.3, 0.4) is 0 Å². The number of hydrogen-bond acceptors (Lipinski definition) is 4. The lowest BCUT2D eigenvalue weighted by Crippen LogP contribution is -2.39. The molecule has 0 aliphatic carbocycles. The van der Waals surface area contributed by atoms with Crippen LogP contribution in [-0.4, -0.2) is 29.4 Å². The average molecular weight is 361 g/mol. The van der Waals surface area contributed by atoms with Crippen molar-refractivity contribution in [3.63, 3.8) is 0 Å². The van der Waals surface area contributed by atoms with Crippen molar-refractivity contribution in [2.75, 3.05) is 6.54 Å². The fraction of sp³-hybridized carbons (Fsp3) is 0.273. The van der Waals surface area contributed by atoms with Crippen LogP contribution in [0.4, 0.5) is 0 Å². The molecule has 0 saturated heterocycles. The lowest BCUT2D eigenvalue weighted by Gasteiger charge is -2.21. The summed E-state index contributed by atoms with van der Waals surface area (Å²) in [5.74, 6) is 0.717. The number of nitriles is 1. The van der Waals surface area contributed by atoms with Crippen LogP contribution < -0.4 is 10.5 Å². The number of hydrogen-bond donors (Lipinski definition) is 1. The van der Waals surface area contributed by atoms with Gasteiger partial charge in [-0.15, -0.1) is 0 Å². The van der Waals surface area contributed by atoms with Gasteiger partial charge >= 0.3 is 0 Å². The van der Waals surface area contributed by atoms with Crippen molar-refractivity contribution in [2.45, 2.75) is 31.5 Å². The molecule has 2 aromatic carbocycles. The van der Waals surface area contributed by atoms with Crippen LogP contribution in [0.25, 0.3) is 0 Å². The molecule has 0 radical (unpaired) electrons. The fourth-order valence-electron chi connectivity index (χ4n) is 3.07. The van der Waals surface area contributed by atoms with Crippen LogP contribution in [-0.2, 0) is 17.8 Å². The lowest BCUT2D eigenvalue weighted by molar-refractivity contribution is -0.131. The third kappa shape index (κ3) is 5.19. The average Bonchev–Trinajstić information content (AvgIpc) is 3.17. The van der Waals surface area contributed by atoms with Crippen LogP contribution in [0.5, 0.6) is 5.75 Å². The first kappa shape index (κ1) is 18.7. The summed E-state index contributed by atoms with van der Waals surface area (Å²) in [7, 11) is 0. The van der Waals surface area contributed by atoms with E-state index in [1.54, 1.807) is 11.0 Å². The van der Waals surface area contributed by atoms with Gasteiger partial charge in [0.1, 0.15) is 18.4 Å². The molecule has 1 heterocycles. The lowest BCUT2D eigenvalue weighted by atomic mass is 10.0. The van der Waals surface area contributed by atoms with Gasteiger partial charge in [-0.2, -0.15) is 5.26 Å². The first-order valence-corrected chi connectivity index (χ1v) is 9.02. The Bertz CT molecular complexity index is 825. The van der Waals surface area contributed by atoms with E-state index in [0.29, 0.717) is 19.6 Å². The fourth-order valence-corrected chi connectivity index (χ4v) is 3.07. The van der Waals surface area contributed by atoms with E-state index in [1.165, 1.54) is 0 Å². The van der Waals surface area contributed by atoms with E-state index in [2.05, 4.69) is 6.07 Å². The van der Waals surface area contributed by atoms with Gasteiger partial charge in [-0.3, -0.25) is 4.79 Å². The van der Waals surface area contributed by atoms with Crippen molar-refractivity contribution in [1.29, 1.82) is 5.26 Å². The predicted molar refractivity (Wildman–Crippen MR) is 104 cm³/mol. The largest absolute Gasteiger partial charge is 0.489 e. The van der Waals surface area contributed by atoms with E-state index in [0.717, 1.165) is 16.9 Å². The van der Waals surface area contributed by atoms with E-state index in [1.807, 2.05) is 60.7 Å². The van der Waals surface area contributed by atoms with E-state index in [4.69, 9.17) is 15.7 Å². The first-order chi connectivity index (χ1) is 13.2. The van der Waals surface area contributed by atoms with Gasteiger partial charge in [-0.1, -0.05) is 48.5 Å². The molecule has 1 aliphatic heterocycles. The van der Waals surface area contributed by atoms with Gasteiger partial charge in [0.25, 0.3) is 0 Å². The standard InChI is InChI=1S/C22H23N3O2/c23-15-20-7-4-12-25(20)22(26)14-19(24)13-17-8-10-21(11-9-17)27-16-18-5-2-1-3-6-18/h1-11,19-20H,12-14,16,24H2/t19-,20-/m0/s1. The summed E-state index contributed by atoms with van der Waals surface area (Å²) < 4.78 is 5.78. The Balaban J connectivity index is 1.47. The Morgan fingerprint density at radius 2 is 1.93 bits per heavy atom. The van der Waals surface area contributed by atoms with Gasteiger partial charge in [0.05, 0.1) is 6.07 Å². The molecular formula is C22H23N3O2. The zero-order valence-corrected chi connectivity index (χ0v) is 15.1. The maximum Gasteiger partial charge on any atom is 0.225 e. The predicted octanol–water partition coefficient (Wildman–Crippen LogP) is 2.82. The summed E-state index contributed by atoms with van der Waals surface area (Å²) in [4.78, 5) is 13.9. The van der Waals surface area contributed by atoms with Crippen molar-refractivity contribution in [3.05, 3.63) is 77.9 Å². The van der Waals surface area contributed by atoms with Crippen molar-refractivity contribution in [1.82, 2.24) is 4.90 Å². The molecule has 0 spiro atoms. The second-order valence-corrected chi connectivity index (χ2v) is 6.63. The van der Waals surface area contributed by atoms with Crippen molar-refractivity contribution in [3.8, 4) is 11.8 Å².